The average Bonchev–Trinajstić information content (AvgIpc) is 3.29. The van der Waals surface area contributed by atoms with E-state index in [2.05, 4.69) is 12.1 Å². The van der Waals surface area contributed by atoms with Crippen LogP contribution in [0.3, 0.4) is 0 Å². The highest BCUT2D eigenvalue weighted by atomic mass is 19.1. The number of benzene rings is 2. The van der Waals surface area contributed by atoms with E-state index in [-0.39, 0.29) is 47.3 Å². The van der Waals surface area contributed by atoms with Crippen molar-refractivity contribution in [2.24, 2.45) is 11.8 Å². The lowest BCUT2D eigenvalue weighted by Crippen LogP contribution is -2.33. The van der Waals surface area contributed by atoms with Gasteiger partial charge in [0.2, 0.25) is 0 Å². The van der Waals surface area contributed by atoms with Gasteiger partial charge in [0.25, 0.3) is 0 Å². The molecular formula is C24H23FO3. The normalized spacial score (nSPS) is 31.0. The lowest BCUT2D eigenvalue weighted by Gasteiger charge is -2.27. The molecule has 2 bridgehead atoms. The molecule has 3 nitrogen and oxygen atoms in total. The molecule has 0 saturated carbocycles. The summed E-state index contributed by atoms with van der Waals surface area (Å²) in [5.41, 5.74) is 5.50. The first-order valence-electron chi connectivity index (χ1n) is 9.83. The van der Waals surface area contributed by atoms with Crippen molar-refractivity contribution in [1.82, 2.24) is 0 Å². The average molecular weight is 378 g/mol. The number of aliphatic hydroxyl groups is 1. The minimum absolute atomic E-state index is 0.00242. The molecule has 0 radical (unpaired) electrons. The van der Waals surface area contributed by atoms with Gasteiger partial charge in [0, 0.05) is 5.92 Å². The van der Waals surface area contributed by atoms with Gasteiger partial charge in [-0.05, 0) is 61.6 Å². The molecule has 1 aliphatic carbocycles. The van der Waals surface area contributed by atoms with Crippen LogP contribution in [0, 0.1) is 38.4 Å². The van der Waals surface area contributed by atoms with Gasteiger partial charge in [-0.2, -0.15) is 0 Å². The number of fused-ring (bicyclic) bond motifs is 5. The quantitative estimate of drug-likeness (QED) is 0.817. The summed E-state index contributed by atoms with van der Waals surface area (Å²) >= 11 is 0. The molecule has 0 amide bonds. The topological polar surface area (TPSA) is 46.5 Å². The number of carbonyl (C=O) groups is 1. The second-order valence-corrected chi connectivity index (χ2v) is 8.48. The fourth-order valence-electron chi connectivity index (χ4n) is 5.72. The molecule has 5 atom stereocenters. The number of carbonyl (C=O) groups excluding carboxylic acids is 1. The third-order valence-corrected chi connectivity index (χ3v) is 6.70. The number of Topliss-reactive ketones (excluding diaryl/α,β-unsaturated/α-hetero) is 1. The Balaban J connectivity index is 1.57. The fourth-order valence-corrected chi connectivity index (χ4v) is 5.72. The van der Waals surface area contributed by atoms with E-state index in [9.17, 15) is 14.3 Å². The van der Waals surface area contributed by atoms with Crippen LogP contribution in [0.4, 0.5) is 4.39 Å². The highest BCUT2D eigenvalue weighted by molar-refractivity contribution is 6.26. The fraction of sp³-hybridized carbons (Fsp3) is 0.375. The lowest BCUT2D eigenvalue weighted by molar-refractivity contribution is -0.118. The van der Waals surface area contributed by atoms with Crippen molar-refractivity contribution in [3.05, 3.63) is 75.8 Å². The van der Waals surface area contributed by atoms with Crippen LogP contribution in [0.25, 0.3) is 5.57 Å². The van der Waals surface area contributed by atoms with Gasteiger partial charge in [0.15, 0.2) is 5.78 Å². The molecule has 5 rings (SSSR count). The van der Waals surface area contributed by atoms with Crippen LogP contribution in [0.15, 0.2) is 42.2 Å². The first kappa shape index (κ1) is 17.6. The van der Waals surface area contributed by atoms with Crippen molar-refractivity contribution in [1.29, 1.82) is 0 Å². The van der Waals surface area contributed by atoms with Gasteiger partial charge >= 0.3 is 0 Å². The van der Waals surface area contributed by atoms with Crippen LogP contribution in [0.5, 0.6) is 0 Å². The van der Waals surface area contributed by atoms with E-state index < -0.39 is 0 Å². The second-order valence-electron chi connectivity index (χ2n) is 8.48. The van der Waals surface area contributed by atoms with E-state index in [1.807, 2.05) is 20.8 Å². The Kier molecular flexibility index (Phi) is 3.79. The van der Waals surface area contributed by atoms with Crippen LogP contribution in [-0.2, 0) is 9.53 Å². The highest BCUT2D eigenvalue weighted by Crippen LogP contribution is 2.58. The molecule has 0 unspecified atom stereocenters. The Bertz CT molecular complexity index is 998. The van der Waals surface area contributed by atoms with E-state index in [1.165, 1.54) is 12.1 Å². The number of aliphatic hydroxyl groups excluding tert-OH is 1. The van der Waals surface area contributed by atoms with Crippen LogP contribution >= 0.6 is 0 Å². The monoisotopic (exact) mass is 378 g/mol. The van der Waals surface area contributed by atoms with E-state index in [0.717, 1.165) is 34.2 Å². The summed E-state index contributed by atoms with van der Waals surface area (Å²) in [4.78, 5) is 13.3. The first-order chi connectivity index (χ1) is 13.4. The zero-order valence-corrected chi connectivity index (χ0v) is 16.2. The third-order valence-electron chi connectivity index (χ3n) is 6.70. The molecule has 0 spiro atoms. The Morgan fingerprint density at radius 3 is 2.32 bits per heavy atom. The molecule has 2 aromatic carbocycles. The van der Waals surface area contributed by atoms with Crippen LogP contribution < -0.4 is 0 Å². The molecule has 2 fully saturated rings. The number of aryl methyl sites for hydroxylation is 3. The molecule has 2 aliphatic heterocycles. The van der Waals surface area contributed by atoms with E-state index in [0.29, 0.717) is 5.57 Å². The Labute approximate surface area is 163 Å². The number of hydrogen-bond donors (Lipinski definition) is 1. The SMILES string of the molecule is Cc1cc(C)c(C2=C(O)[C@@H]3[C@@H]4O[C@@H](C[C@H]4c4ccc(F)cc4)[C@@H]3C2=O)c(C)c1. The largest absolute Gasteiger partial charge is 0.511 e. The molecule has 28 heavy (non-hydrogen) atoms. The van der Waals surface area contributed by atoms with Gasteiger partial charge in [-0.3, -0.25) is 4.79 Å². The van der Waals surface area contributed by atoms with Crippen molar-refractivity contribution in [2.75, 3.05) is 0 Å². The molecular weight excluding hydrogens is 355 g/mol. The van der Waals surface area contributed by atoms with Crippen LogP contribution in [0.2, 0.25) is 0 Å². The predicted molar refractivity (Wildman–Crippen MR) is 105 cm³/mol. The Hall–Kier alpha value is -2.46. The van der Waals surface area contributed by atoms with Crippen LogP contribution in [0.1, 0.15) is 40.2 Å². The maximum absolute atomic E-state index is 13.3. The van der Waals surface area contributed by atoms with Crippen molar-refractivity contribution in [2.45, 2.75) is 45.3 Å². The number of rotatable bonds is 2. The van der Waals surface area contributed by atoms with Crippen molar-refractivity contribution < 1.29 is 19.0 Å². The standard InChI is InChI=1S/C24H23FO3/c1-11-8-12(2)18(13(3)9-11)20-22(26)19-17-10-16(14-4-6-15(25)7-5-14)24(28-17)21(19)23(20)27/h4-9,16-17,19,21,24,27H,10H2,1-3H3/t16-,17-,19-,21+,24+/m0/s1. The van der Waals surface area contributed by atoms with Crippen molar-refractivity contribution in [3.63, 3.8) is 0 Å². The minimum Gasteiger partial charge on any atom is -0.511 e. The van der Waals surface area contributed by atoms with Crippen molar-refractivity contribution >= 4 is 11.4 Å². The number of ketones is 1. The van der Waals surface area contributed by atoms with Gasteiger partial charge in [0.05, 0.1) is 29.6 Å². The zero-order valence-electron chi connectivity index (χ0n) is 16.2. The zero-order chi connectivity index (χ0) is 19.7. The molecule has 2 aromatic rings. The maximum Gasteiger partial charge on any atom is 0.173 e. The van der Waals surface area contributed by atoms with Gasteiger partial charge in [-0.25, -0.2) is 4.39 Å². The smallest absolute Gasteiger partial charge is 0.173 e. The highest BCUT2D eigenvalue weighted by Gasteiger charge is 2.62. The Morgan fingerprint density at radius 2 is 1.68 bits per heavy atom. The molecule has 2 heterocycles. The summed E-state index contributed by atoms with van der Waals surface area (Å²) in [6.07, 6.45) is 0.298. The second kappa shape index (κ2) is 6.02. The molecule has 4 heteroatoms. The summed E-state index contributed by atoms with van der Waals surface area (Å²) in [5.74, 6) is -0.640. The number of ether oxygens (including phenoxy) is 1. The first-order valence-corrected chi connectivity index (χ1v) is 9.83. The van der Waals surface area contributed by atoms with Gasteiger partial charge in [-0.15, -0.1) is 0 Å². The number of hydrogen-bond acceptors (Lipinski definition) is 3. The maximum atomic E-state index is 13.3. The molecule has 2 saturated heterocycles. The summed E-state index contributed by atoms with van der Waals surface area (Å²) in [6.45, 7) is 6.01. The molecule has 3 aliphatic rings. The van der Waals surface area contributed by atoms with Gasteiger partial charge in [-0.1, -0.05) is 29.8 Å². The molecule has 1 N–H and O–H groups in total. The van der Waals surface area contributed by atoms with Crippen LogP contribution in [-0.4, -0.2) is 23.1 Å². The lowest BCUT2D eigenvalue weighted by atomic mass is 9.72. The summed E-state index contributed by atoms with van der Waals surface area (Å²) in [7, 11) is 0. The summed E-state index contributed by atoms with van der Waals surface area (Å²) in [5, 5.41) is 11.2. The number of halogens is 1. The van der Waals surface area contributed by atoms with Gasteiger partial charge < -0.3 is 9.84 Å². The van der Waals surface area contributed by atoms with E-state index >= 15 is 0 Å². The summed E-state index contributed by atoms with van der Waals surface area (Å²) in [6, 6.07) is 10.6. The summed E-state index contributed by atoms with van der Waals surface area (Å²) < 4.78 is 19.4. The van der Waals surface area contributed by atoms with E-state index in [1.54, 1.807) is 12.1 Å². The Morgan fingerprint density at radius 1 is 1.04 bits per heavy atom. The molecule has 0 aromatic heterocycles. The third kappa shape index (κ3) is 2.34. The number of allylic oxidation sites excluding steroid dienone is 1. The minimum atomic E-state index is -0.309. The van der Waals surface area contributed by atoms with E-state index in [4.69, 9.17) is 4.74 Å². The predicted octanol–water partition coefficient (Wildman–Crippen LogP) is 4.79. The molecule has 144 valence electrons. The van der Waals surface area contributed by atoms with Gasteiger partial charge in [0.1, 0.15) is 11.6 Å². The van der Waals surface area contributed by atoms with Crippen molar-refractivity contribution in [3.8, 4) is 0 Å².